The lowest BCUT2D eigenvalue weighted by Crippen LogP contribution is -1.97. The maximum Gasteiger partial charge on any atom is 0.160 e. The van der Waals surface area contributed by atoms with Crippen LogP contribution in [0.1, 0.15) is 0 Å². The fraction of sp³-hybridized carbons (Fsp3) is 0. The highest BCUT2D eigenvalue weighted by Gasteiger charge is 2.22. The van der Waals surface area contributed by atoms with Gasteiger partial charge in [-0.15, -0.1) is 11.3 Å². The summed E-state index contributed by atoms with van der Waals surface area (Å²) in [4.78, 5) is 15.0. The molecule has 5 heteroatoms. The molecule has 0 aliphatic rings. The number of aromatic nitrogens is 4. The second kappa shape index (κ2) is 10.7. The standard InChI is InChI=1S/C43H26N4S/c1-3-12-27(13-4-1)34-26-35(46-43(45-34)29-14-5-2-6-15-29)28-21-23-30(24-22-28)47-36-19-9-7-16-31(36)38-33-18-11-25-44-40(33)42-39(41(38)47)32-17-8-10-20-37(32)48-42/h1-26H. The van der Waals surface area contributed by atoms with Crippen LogP contribution < -0.4 is 0 Å². The average molecular weight is 631 g/mol. The molecule has 0 bridgehead atoms. The first-order chi connectivity index (χ1) is 23.8. The molecule has 6 aromatic carbocycles. The van der Waals surface area contributed by atoms with Gasteiger partial charge in [0.05, 0.1) is 32.6 Å². The minimum Gasteiger partial charge on any atom is -0.309 e. The zero-order chi connectivity index (χ0) is 31.6. The molecule has 0 saturated heterocycles. The number of pyridine rings is 1. The molecule has 10 aromatic rings. The zero-order valence-electron chi connectivity index (χ0n) is 25.7. The van der Waals surface area contributed by atoms with Crippen LogP contribution in [0.2, 0.25) is 0 Å². The van der Waals surface area contributed by atoms with Crippen molar-refractivity contribution >= 4 is 64.2 Å². The molecule has 10 rings (SSSR count). The van der Waals surface area contributed by atoms with Crippen molar-refractivity contribution in [1.82, 2.24) is 19.5 Å². The van der Waals surface area contributed by atoms with Crippen molar-refractivity contribution in [3.05, 3.63) is 158 Å². The smallest absolute Gasteiger partial charge is 0.160 e. The zero-order valence-corrected chi connectivity index (χ0v) is 26.5. The summed E-state index contributed by atoms with van der Waals surface area (Å²) in [5.74, 6) is 0.714. The van der Waals surface area contributed by atoms with Crippen LogP contribution in [0.3, 0.4) is 0 Å². The van der Waals surface area contributed by atoms with E-state index in [-0.39, 0.29) is 0 Å². The average Bonchev–Trinajstić information content (AvgIpc) is 3.72. The van der Waals surface area contributed by atoms with Crippen molar-refractivity contribution in [2.45, 2.75) is 0 Å². The number of nitrogens with zero attached hydrogens (tertiary/aromatic N) is 4. The molecule has 0 radical (unpaired) electrons. The third-order valence-electron chi connectivity index (χ3n) is 9.25. The van der Waals surface area contributed by atoms with Crippen molar-refractivity contribution < 1.29 is 0 Å². The van der Waals surface area contributed by atoms with E-state index in [0.29, 0.717) is 5.82 Å². The summed E-state index contributed by atoms with van der Waals surface area (Å²) >= 11 is 1.83. The van der Waals surface area contributed by atoms with E-state index in [4.69, 9.17) is 15.0 Å². The van der Waals surface area contributed by atoms with Crippen LogP contribution in [0, 0.1) is 0 Å². The van der Waals surface area contributed by atoms with Gasteiger partial charge in [-0.25, -0.2) is 9.97 Å². The van der Waals surface area contributed by atoms with E-state index in [0.717, 1.165) is 39.3 Å². The quantitative estimate of drug-likeness (QED) is 0.194. The van der Waals surface area contributed by atoms with Crippen LogP contribution in [0.15, 0.2) is 158 Å². The van der Waals surface area contributed by atoms with Crippen LogP contribution in [0.5, 0.6) is 0 Å². The highest BCUT2D eigenvalue weighted by molar-refractivity contribution is 7.26. The molecule has 0 spiro atoms. The molecule has 0 unspecified atom stereocenters. The topological polar surface area (TPSA) is 43.6 Å². The Morgan fingerprint density at radius 3 is 1.90 bits per heavy atom. The van der Waals surface area contributed by atoms with Crippen molar-refractivity contribution in [2.75, 3.05) is 0 Å². The summed E-state index contributed by atoms with van der Waals surface area (Å²) < 4.78 is 4.93. The lowest BCUT2D eigenvalue weighted by molar-refractivity contribution is 1.17. The SMILES string of the molecule is c1ccc(-c2cc(-c3ccc(-n4c5ccccc5c5c6cccnc6c6sc7ccccc7c6c54)cc3)nc(-c3ccccc3)n2)cc1. The van der Waals surface area contributed by atoms with Crippen LogP contribution >= 0.6 is 11.3 Å². The maximum atomic E-state index is 5.07. The van der Waals surface area contributed by atoms with Gasteiger partial charge < -0.3 is 4.57 Å². The summed E-state index contributed by atoms with van der Waals surface area (Å²) in [6, 6.07) is 53.2. The maximum absolute atomic E-state index is 5.07. The lowest BCUT2D eigenvalue weighted by atomic mass is 10.0. The fourth-order valence-electron chi connectivity index (χ4n) is 7.10. The molecule has 224 valence electrons. The highest BCUT2D eigenvalue weighted by Crippen LogP contribution is 2.47. The van der Waals surface area contributed by atoms with E-state index in [9.17, 15) is 0 Å². The predicted octanol–water partition coefficient (Wildman–Crippen LogP) is 11.5. The lowest BCUT2D eigenvalue weighted by Gasteiger charge is -2.12. The van der Waals surface area contributed by atoms with Gasteiger partial charge in [-0.1, -0.05) is 115 Å². The summed E-state index contributed by atoms with van der Waals surface area (Å²) in [6.45, 7) is 0. The molecule has 4 aromatic heterocycles. The number of fused-ring (bicyclic) bond motifs is 10. The Labute approximate surface area is 280 Å². The summed E-state index contributed by atoms with van der Waals surface area (Å²) in [5, 5.41) is 6.17. The Balaban J connectivity index is 1.22. The van der Waals surface area contributed by atoms with Crippen LogP contribution in [-0.4, -0.2) is 19.5 Å². The van der Waals surface area contributed by atoms with Gasteiger partial charge in [0, 0.05) is 60.2 Å². The molecule has 0 atom stereocenters. The second-order valence-corrected chi connectivity index (χ2v) is 13.1. The van der Waals surface area contributed by atoms with Crippen LogP contribution in [0.4, 0.5) is 0 Å². The molecule has 0 N–H and O–H groups in total. The van der Waals surface area contributed by atoms with Crippen LogP contribution in [-0.2, 0) is 0 Å². The number of hydrogen-bond acceptors (Lipinski definition) is 4. The number of thiophene rings is 1. The summed E-state index contributed by atoms with van der Waals surface area (Å²) in [5.41, 5.74) is 9.44. The number of hydrogen-bond donors (Lipinski definition) is 0. The van der Waals surface area contributed by atoms with E-state index in [1.807, 2.05) is 53.9 Å². The molecular formula is C43H26N4S. The van der Waals surface area contributed by atoms with Gasteiger partial charge in [0.1, 0.15) is 0 Å². The molecule has 4 nitrogen and oxygen atoms in total. The predicted molar refractivity (Wildman–Crippen MR) is 201 cm³/mol. The molecule has 0 saturated carbocycles. The molecule has 0 aliphatic heterocycles. The van der Waals surface area contributed by atoms with Gasteiger partial charge in [-0.3, -0.25) is 4.98 Å². The third kappa shape index (κ3) is 4.11. The van der Waals surface area contributed by atoms with Crippen LogP contribution in [0.25, 0.3) is 92.5 Å². The first-order valence-electron chi connectivity index (χ1n) is 16.0. The van der Waals surface area contributed by atoms with Gasteiger partial charge in [-0.05, 0) is 36.4 Å². The molecular weight excluding hydrogens is 605 g/mol. The van der Waals surface area contributed by atoms with E-state index in [1.165, 1.54) is 47.4 Å². The van der Waals surface area contributed by atoms with Gasteiger partial charge >= 0.3 is 0 Å². The summed E-state index contributed by atoms with van der Waals surface area (Å²) in [6.07, 6.45) is 1.91. The number of benzene rings is 6. The van der Waals surface area contributed by atoms with Crippen molar-refractivity contribution in [2.24, 2.45) is 0 Å². The monoisotopic (exact) mass is 630 g/mol. The van der Waals surface area contributed by atoms with E-state index in [2.05, 4.69) is 120 Å². The van der Waals surface area contributed by atoms with Gasteiger partial charge in [0.2, 0.25) is 0 Å². The fourth-order valence-corrected chi connectivity index (χ4v) is 8.32. The molecule has 48 heavy (non-hydrogen) atoms. The van der Waals surface area contributed by atoms with Gasteiger partial charge in [0.25, 0.3) is 0 Å². The van der Waals surface area contributed by atoms with Crippen molar-refractivity contribution in [1.29, 1.82) is 0 Å². The number of rotatable bonds is 4. The Hall–Kier alpha value is -6.17. The van der Waals surface area contributed by atoms with E-state index < -0.39 is 0 Å². The first-order valence-corrected chi connectivity index (χ1v) is 16.9. The minimum absolute atomic E-state index is 0.714. The van der Waals surface area contributed by atoms with E-state index >= 15 is 0 Å². The largest absolute Gasteiger partial charge is 0.309 e. The highest BCUT2D eigenvalue weighted by atomic mass is 32.1. The Morgan fingerprint density at radius 1 is 0.500 bits per heavy atom. The third-order valence-corrected chi connectivity index (χ3v) is 10.4. The Kier molecular flexibility index (Phi) is 6.01. The second-order valence-electron chi connectivity index (χ2n) is 12.0. The summed E-state index contributed by atoms with van der Waals surface area (Å²) in [7, 11) is 0. The van der Waals surface area contributed by atoms with Crippen molar-refractivity contribution in [3.63, 3.8) is 0 Å². The number of para-hydroxylation sites is 1. The van der Waals surface area contributed by atoms with Gasteiger partial charge in [0.15, 0.2) is 5.82 Å². The molecule has 0 amide bonds. The molecule has 0 aliphatic carbocycles. The Bertz CT molecular complexity index is 2760. The van der Waals surface area contributed by atoms with E-state index in [1.54, 1.807) is 0 Å². The molecule has 4 heterocycles. The Morgan fingerprint density at radius 2 is 1.12 bits per heavy atom. The molecule has 0 fully saturated rings. The first kappa shape index (κ1) is 27.0. The normalized spacial score (nSPS) is 11.8. The van der Waals surface area contributed by atoms with Crippen molar-refractivity contribution in [3.8, 4) is 39.6 Å². The minimum atomic E-state index is 0.714. The van der Waals surface area contributed by atoms with Gasteiger partial charge in [-0.2, -0.15) is 0 Å².